The first-order valence-electron chi connectivity index (χ1n) is 11.3. The fraction of sp³-hybridized carbons (Fsp3) is 0.222. The highest BCUT2D eigenvalue weighted by Gasteiger charge is 2.25. The minimum atomic E-state index is -0.909. The SMILES string of the molecule is C[C@@H](Oc1ccc(Cl)cc1Cl)C(=O)N[C@H](Cc1ccccc1)C(=O)N/N=C\c1ccc(N(C)C)cc1. The van der Waals surface area contributed by atoms with Crippen LogP contribution in [0.1, 0.15) is 18.1 Å². The van der Waals surface area contributed by atoms with E-state index in [4.69, 9.17) is 27.9 Å². The van der Waals surface area contributed by atoms with Crippen LogP contribution in [0.4, 0.5) is 5.69 Å². The molecule has 2 amide bonds. The Kier molecular flexibility index (Phi) is 9.73. The first kappa shape index (κ1) is 27.0. The highest BCUT2D eigenvalue weighted by molar-refractivity contribution is 6.35. The Hall–Kier alpha value is -3.55. The van der Waals surface area contributed by atoms with Gasteiger partial charge in [0, 0.05) is 31.2 Å². The van der Waals surface area contributed by atoms with E-state index in [1.165, 1.54) is 6.07 Å². The molecule has 0 aliphatic carbocycles. The van der Waals surface area contributed by atoms with E-state index in [1.54, 1.807) is 25.3 Å². The van der Waals surface area contributed by atoms with Crippen LogP contribution in [-0.2, 0) is 16.0 Å². The lowest BCUT2D eigenvalue weighted by atomic mass is 10.1. The number of hydrogen-bond acceptors (Lipinski definition) is 5. The topological polar surface area (TPSA) is 83.0 Å². The van der Waals surface area contributed by atoms with Crippen LogP contribution in [0.15, 0.2) is 77.9 Å². The normalized spacial score (nSPS) is 12.6. The smallest absolute Gasteiger partial charge is 0.262 e. The van der Waals surface area contributed by atoms with E-state index in [-0.39, 0.29) is 11.4 Å². The summed E-state index contributed by atoms with van der Waals surface area (Å²) in [4.78, 5) is 27.8. The Labute approximate surface area is 221 Å². The summed E-state index contributed by atoms with van der Waals surface area (Å²) in [7, 11) is 3.92. The number of nitrogens with zero attached hydrogens (tertiary/aromatic N) is 2. The summed E-state index contributed by atoms with van der Waals surface area (Å²) in [6.45, 7) is 1.58. The van der Waals surface area contributed by atoms with Crippen molar-refractivity contribution in [3.05, 3.63) is 94.0 Å². The number of ether oxygens (including phenoxy) is 1. The molecule has 3 aromatic carbocycles. The largest absolute Gasteiger partial charge is 0.479 e. The van der Waals surface area contributed by atoms with Gasteiger partial charge in [0.15, 0.2) is 6.10 Å². The highest BCUT2D eigenvalue weighted by Crippen LogP contribution is 2.28. The summed E-state index contributed by atoms with van der Waals surface area (Å²) in [6, 6.07) is 21.0. The number of hydrazone groups is 1. The Bertz CT molecular complexity index is 1200. The summed E-state index contributed by atoms with van der Waals surface area (Å²) >= 11 is 12.1. The van der Waals surface area contributed by atoms with Crippen LogP contribution in [0, 0.1) is 0 Å². The molecule has 0 heterocycles. The maximum Gasteiger partial charge on any atom is 0.262 e. The van der Waals surface area contributed by atoms with Crippen molar-refractivity contribution >= 4 is 46.9 Å². The third-order valence-corrected chi connectivity index (χ3v) is 5.81. The molecule has 0 saturated heterocycles. The Morgan fingerprint density at radius 1 is 1.00 bits per heavy atom. The van der Waals surface area contributed by atoms with E-state index < -0.39 is 24.0 Å². The second kappa shape index (κ2) is 13.0. The molecule has 2 atom stereocenters. The van der Waals surface area contributed by atoms with Crippen LogP contribution in [-0.4, -0.2) is 44.3 Å². The maximum atomic E-state index is 13.0. The van der Waals surface area contributed by atoms with Gasteiger partial charge in [-0.2, -0.15) is 5.10 Å². The fourth-order valence-corrected chi connectivity index (χ4v) is 3.72. The zero-order valence-corrected chi connectivity index (χ0v) is 21.8. The molecule has 0 aliphatic heterocycles. The molecule has 36 heavy (non-hydrogen) atoms. The number of carbonyl (C=O) groups excluding carboxylic acids is 2. The Morgan fingerprint density at radius 3 is 2.33 bits per heavy atom. The van der Waals surface area contributed by atoms with Gasteiger partial charge in [-0.05, 0) is 48.4 Å². The van der Waals surface area contributed by atoms with Gasteiger partial charge in [-0.1, -0.05) is 65.7 Å². The van der Waals surface area contributed by atoms with Crippen LogP contribution in [0.5, 0.6) is 5.75 Å². The summed E-state index contributed by atoms with van der Waals surface area (Å²) in [6.07, 6.45) is 0.917. The lowest BCUT2D eigenvalue weighted by Crippen LogP contribution is -2.50. The fourth-order valence-electron chi connectivity index (χ4n) is 3.27. The molecule has 3 rings (SSSR count). The van der Waals surface area contributed by atoms with Gasteiger partial charge in [0.1, 0.15) is 11.8 Å². The Balaban J connectivity index is 1.67. The lowest BCUT2D eigenvalue weighted by Gasteiger charge is -2.21. The number of rotatable bonds is 10. The van der Waals surface area contributed by atoms with E-state index in [9.17, 15) is 9.59 Å². The average molecular weight is 527 g/mol. The molecule has 3 aromatic rings. The zero-order chi connectivity index (χ0) is 26.1. The predicted molar refractivity (Wildman–Crippen MR) is 145 cm³/mol. The number of benzene rings is 3. The van der Waals surface area contributed by atoms with E-state index >= 15 is 0 Å². The molecule has 0 radical (unpaired) electrons. The standard InChI is InChI=1S/C27H28Cl2N4O3/c1-18(36-25-14-11-21(28)16-23(25)29)26(34)31-24(15-19-7-5-4-6-8-19)27(35)32-30-17-20-9-12-22(13-10-20)33(2)3/h4-14,16-18,24H,15H2,1-3H3,(H,31,34)(H,32,35)/b30-17-/t18-,24-/m1/s1. The number of anilines is 1. The van der Waals surface area contributed by atoms with Crippen LogP contribution >= 0.6 is 23.2 Å². The van der Waals surface area contributed by atoms with Crippen molar-refractivity contribution in [2.45, 2.75) is 25.5 Å². The summed E-state index contributed by atoms with van der Waals surface area (Å²) < 4.78 is 5.69. The van der Waals surface area contributed by atoms with Crippen molar-refractivity contribution in [1.29, 1.82) is 0 Å². The summed E-state index contributed by atoms with van der Waals surface area (Å²) in [5, 5.41) is 7.57. The third-order valence-electron chi connectivity index (χ3n) is 5.28. The molecule has 0 aromatic heterocycles. The summed E-state index contributed by atoms with van der Waals surface area (Å²) in [5.41, 5.74) is 5.29. The number of amides is 2. The molecular weight excluding hydrogens is 499 g/mol. The van der Waals surface area contributed by atoms with Crippen molar-refractivity contribution in [2.24, 2.45) is 5.10 Å². The van der Waals surface area contributed by atoms with E-state index in [0.29, 0.717) is 10.8 Å². The second-order valence-corrected chi connectivity index (χ2v) is 9.15. The number of carbonyl (C=O) groups is 2. The molecule has 0 bridgehead atoms. The average Bonchev–Trinajstić information content (AvgIpc) is 2.86. The molecular formula is C27H28Cl2N4O3. The maximum absolute atomic E-state index is 13.0. The van der Waals surface area contributed by atoms with Crippen LogP contribution in [0.3, 0.4) is 0 Å². The molecule has 2 N–H and O–H groups in total. The molecule has 0 saturated carbocycles. The lowest BCUT2D eigenvalue weighted by molar-refractivity contribution is -0.132. The van der Waals surface area contributed by atoms with Crippen molar-refractivity contribution in [1.82, 2.24) is 10.7 Å². The first-order valence-corrected chi connectivity index (χ1v) is 12.0. The molecule has 9 heteroatoms. The zero-order valence-electron chi connectivity index (χ0n) is 20.2. The minimum Gasteiger partial charge on any atom is -0.479 e. The highest BCUT2D eigenvalue weighted by atomic mass is 35.5. The first-order chi connectivity index (χ1) is 17.2. The van der Waals surface area contributed by atoms with Gasteiger partial charge < -0.3 is 15.0 Å². The van der Waals surface area contributed by atoms with Crippen molar-refractivity contribution < 1.29 is 14.3 Å². The number of hydrogen-bond donors (Lipinski definition) is 2. The van der Waals surface area contributed by atoms with E-state index in [1.807, 2.05) is 73.6 Å². The molecule has 7 nitrogen and oxygen atoms in total. The van der Waals surface area contributed by atoms with Crippen molar-refractivity contribution in [2.75, 3.05) is 19.0 Å². The minimum absolute atomic E-state index is 0.278. The summed E-state index contributed by atoms with van der Waals surface area (Å²) in [5.74, 6) is -0.608. The van der Waals surface area contributed by atoms with Crippen LogP contribution in [0.2, 0.25) is 10.0 Å². The van der Waals surface area contributed by atoms with Gasteiger partial charge in [0.05, 0.1) is 11.2 Å². The van der Waals surface area contributed by atoms with Gasteiger partial charge >= 0.3 is 0 Å². The molecule has 0 spiro atoms. The van der Waals surface area contributed by atoms with Gasteiger partial charge in [-0.25, -0.2) is 5.43 Å². The van der Waals surface area contributed by atoms with Crippen molar-refractivity contribution in [3.8, 4) is 5.75 Å². The molecule has 0 unspecified atom stereocenters. The van der Waals surface area contributed by atoms with Crippen LogP contribution in [0.25, 0.3) is 0 Å². The van der Waals surface area contributed by atoms with E-state index in [2.05, 4.69) is 15.8 Å². The number of nitrogens with one attached hydrogen (secondary N) is 2. The van der Waals surface area contributed by atoms with Gasteiger partial charge in [-0.15, -0.1) is 0 Å². The molecule has 0 aliphatic rings. The molecule has 188 valence electrons. The van der Waals surface area contributed by atoms with E-state index in [0.717, 1.165) is 16.8 Å². The number of halogens is 2. The van der Waals surface area contributed by atoms with Gasteiger partial charge in [0.2, 0.25) is 0 Å². The third kappa shape index (κ3) is 8.00. The monoisotopic (exact) mass is 526 g/mol. The van der Waals surface area contributed by atoms with Crippen molar-refractivity contribution in [3.63, 3.8) is 0 Å². The second-order valence-electron chi connectivity index (χ2n) is 8.31. The Morgan fingerprint density at radius 2 is 1.69 bits per heavy atom. The van der Waals surface area contributed by atoms with Gasteiger partial charge in [-0.3, -0.25) is 9.59 Å². The quantitative estimate of drug-likeness (QED) is 0.296. The molecule has 0 fully saturated rings. The van der Waals surface area contributed by atoms with Crippen LogP contribution < -0.4 is 20.4 Å². The predicted octanol–water partition coefficient (Wildman–Crippen LogP) is 4.70. The van der Waals surface area contributed by atoms with Gasteiger partial charge in [0.25, 0.3) is 11.8 Å².